The predicted octanol–water partition coefficient (Wildman–Crippen LogP) is 6.14. The molecule has 4 heteroatoms. The molecule has 1 atom stereocenters. The maximum absolute atomic E-state index is 13.3. The van der Waals surface area contributed by atoms with E-state index in [0.717, 1.165) is 27.3 Å². The normalized spacial score (nSPS) is 13.5. The van der Waals surface area contributed by atoms with Gasteiger partial charge < -0.3 is 9.47 Å². The molecule has 0 aliphatic carbocycles. The quantitative estimate of drug-likeness (QED) is 0.617. The Balaban J connectivity index is 2.69. The van der Waals surface area contributed by atoms with Crippen LogP contribution >= 0.6 is 0 Å². The highest BCUT2D eigenvalue weighted by Gasteiger charge is 2.29. The standard InChI is InChI=1S/C23H32O3S/c1-16-13-14-17(15-25-8)20(21(16)27(24)23(5,6)7)26-19-12-10-9-11-18(19)22(2,3)4/h9-14H,15H2,1-8H3. The Hall–Kier alpha value is -1.65. The number of hydrogen-bond donors (Lipinski definition) is 0. The van der Waals surface area contributed by atoms with E-state index < -0.39 is 15.5 Å². The van der Waals surface area contributed by atoms with Crippen molar-refractivity contribution in [1.29, 1.82) is 0 Å². The summed E-state index contributed by atoms with van der Waals surface area (Å²) in [6.45, 7) is 14.8. The van der Waals surface area contributed by atoms with Crippen LogP contribution in [0.3, 0.4) is 0 Å². The van der Waals surface area contributed by atoms with E-state index in [1.165, 1.54) is 0 Å². The highest BCUT2D eigenvalue weighted by Crippen LogP contribution is 2.40. The number of hydrogen-bond acceptors (Lipinski definition) is 3. The summed E-state index contributed by atoms with van der Waals surface area (Å²) in [6.07, 6.45) is 0. The lowest BCUT2D eigenvalue weighted by Crippen LogP contribution is -2.23. The summed E-state index contributed by atoms with van der Waals surface area (Å²) >= 11 is 0. The molecule has 2 aromatic rings. The second-order valence-electron chi connectivity index (χ2n) is 8.86. The van der Waals surface area contributed by atoms with Crippen molar-refractivity contribution in [3.05, 3.63) is 53.1 Å². The number of aryl methyl sites for hydroxylation is 1. The molecule has 2 aromatic carbocycles. The number of para-hydroxylation sites is 1. The zero-order chi connectivity index (χ0) is 20.4. The van der Waals surface area contributed by atoms with Crippen molar-refractivity contribution in [1.82, 2.24) is 0 Å². The first kappa shape index (κ1) is 21.6. The molecule has 0 amide bonds. The summed E-state index contributed by atoms with van der Waals surface area (Å²) < 4.78 is 24.8. The first-order valence-electron chi connectivity index (χ1n) is 9.27. The highest BCUT2D eigenvalue weighted by atomic mass is 32.2. The Morgan fingerprint density at radius 2 is 1.59 bits per heavy atom. The summed E-state index contributed by atoms with van der Waals surface area (Å²) in [5.74, 6) is 1.45. The maximum atomic E-state index is 13.3. The van der Waals surface area contributed by atoms with Crippen molar-refractivity contribution in [2.24, 2.45) is 0 Å². The number of benzene rings is 2. The monoisotopic (exact) mass is 388 g/mol. The third kappa shape index (κ3) is 4.99. The molecule has 0 N–H and O–H groups in total. The van der Waals surface area contributed by atoms with Gasteiger partial charge in [-0.2, -0.15) is 0 Å². The number of methoxy groups -OCH3 is 1. The second-order valence-corrected chi connectivity index (χ2v) is 11.0. The van der Waals surface area contributed by atoms with Gasteiger partial charge in [0.05, 0.1) is 22.3 Å². The predicted molar refractivity (Wildman–Crippen MR) is 113 cm³/mol. The fourth-order valence-electron chi connectivity index (χ4n) is 2.90. The first-order valence-corrected chi connectivity index (χ1v) is 10.4. The summed E-state index contributed by atoms with van der Waals surface area (Å²) in [4.78, 5) is 0.751. The fraction of sp³-hybridized carbons (Fsp3) is 0.478. The third-order valence-electron chi connectivity index (χ3n) is 4.34. The van der Waals surface area contributed by atoms with Crippen LogP contribution in [0.2, 0.25) is 0 Å². The Kier molecular flexibility index (Phi) is 6.54. The van der Waals surface area contributed by atoms with Gasteiger partial charge in [-0.15, -0.1) is 0 Å². The van der Waals surface area contributed by atoms with Crippen LogP contribution in [-0.2, 0) is 27.6 Å². The average molecular weight is 389 g/mol. The van der Waals surface area contributed by atoms with Gasteiger partial charge in [0.25, 0.3) is 0 Å². The van der Waals surface area contributed by atoms with Gasteiger partial charge in [-0.05, 0) is 44.7 Å². The van der Waals surface area contributed by atoms with E-state index in [1.54, 1.807) is 7.11 Å². The summed E-state index contributed by atoms with van der Waals surface area (Å²) in [5.41, 5.74) is 2.92. The lowest BCUT2D eigenvalue weighted by atomic mass is 9.86. The topological polar surface area (TPSA) is 35.5 Å². The summed E-state index contributed by atoms with van der Waals surface area (Å²) in [6, 6.07) is 12.0. The SMILES string of the molecule is COCc1ccc(C)c(S(=O)C(C)(C)C)c1Oc1ccccc1C(C)(C)C. The Morgan fingerprint density at radius 1 is 0.963 bits per heavy atom. The van der Waals surface area contributed by atoms with Crippen molar-refractivity contribution in [3.63, 3.8) is 0 Å². The molecule has 148 valence electrons. The fourth-order valence-corrected chi connectivity index (χ4v) is 4.22. The van der Waals surface area contributed by atoms with Crippen LogP contribution in [0, 0.1) is 6.92 Å². The zero-order valence-electron chi connectivity index (χ0n) is 17.8. The van der Waals surface area contributed by atoms with Gasteiger partial charge in [0, 0.05) is 23.0 Å². The molecule has 1 unspecified atom stereocenters. The average Bonchev–Trinajstić information content (AvgIpc) is 2.56. The largest absolute Gasteiger partial charge is 0.455 e. The molecule has 0 saturated carbocycles. The van der Waals surface area contributed by atoms with Gasteiger partial charge in [0.15, 0.2) is 0 Å². The third-order valence-corrected chi connectivity index (χ3v) is 6.33. The Morgan fingerprint density at radius 3 is 2.15 bits per heavy atom. The van der Waals surface area contributed by atoms with Crippen molar-refractivity contribution in [3.8, 4) is 11.5 Å². The molecular weight excluding hydrogens is 356 g/mol. The van der Waals surface area contributed by atoms with Crippen LogP contribution in [0.15, 0.2) is 41.3 Å². The molecular formula is C23H32O3S. The molecule has 2 rings (SSSR count). The van der Waals surface area contributed by atoms with Crippen molar-refractivity contribution < 1.29 is 13.7 Å². The van der Waals surface area contributed by atoms with Crippen LogP contribution in [0.4, 0.5) is 0 Å². The van der Waals surface area contributed by atoms with Crippen molar-refractivity contribution >= 4 is 10.8 Å². The van der Waals surface area contributed by atoms with Gasteiger partial charge in [-0.25, -0.2) is 0 Å². The summed E-state index contributed by atoms with van der Waals surface area (Å²) in [5, 5.41) is 0. The van der Waals surface area contributed by atoms with E-state index in [2.05, 4.69) is 26.8 Å². The molecule has 0 radical (unpaired) electrons. The van der Waals surface area contributed by atoms with Crippen LogP contribution in [0.5, 0.6) is 11.5 Å². The minimum absolute atomic E-state index is 0.0643. The molecule has 0 saturated heterocycles. The van der Waals surface area contributed by atoms with Crippen molar-refractivity contribution in [2.45, 2.75) is 70.1 Å². The molecule has 0 aliphatic heterocycles. The van der Waals surface area contributed by atoms with Gasteiger partial charge in [0.2, 0.25) is 0 Å². The Labute approximate surface area is 166 Å². The molecule has 0 aromatic heterocycles. The van der Waals surface area contributed by atoms with Crippen LogP contribution in [-0.4, -0.2) is 16.1 Å². The van der Waals surface area contributed by atoms with Gasteiger partial charge >= 0.3 is 0 Å². The maximum Gasteiger partial charge on any atom is 0.149 e. The highest BCUT2D eigenvalue weighted by molar-refractivity contribution is 7.86. The zero-order valence-corrected chi connectivity index (χ0v) is 18.6. The van der Waals surface area contributed by atoms with Gasteiger partial charge in [0.1, 0.15) is 11.5 Å². The number of ether oxygens (including phenoxy) is 2. The minimum atomic E-state index is -1.22. The first-order chi connectivity index (χ1) is 12.5. The minimum Gasteiger partial charge on any atom is -0.455 e. The molecule has 27 heavy (non-hydrogen) atoms. The molecule has 0 heterocycles. The van der Waals surface area contributed by atoms with E-state index in [-0.39, 0.29) is 5.41 Å². The molecule has 0 fully saturated rings. The number of rotatable bonds is 5. The van der Waals surface area contributed by atoms with E-state index >= 15 is 0 Å². The van der Waals surface area contributed by atoms with Crippen LogP contribution < -0.4 is 4.74 Å². The molecule has 0 bridgehead atoms. The van der Waals surface area contributed by atoms with E-state index in [4.69, 9.17) is 9.47 Å². The van der Waals surface area contributed by atoms with Gasteiger partial charge in [-0.1, -0.05) is 51.1 Å². The van der Waals surface area contributed by atoms with E-state index in [1.807, 2.05) is 58.0 Å². The Bertz CT molecular complexity index is 826. The molecule has 3 nitrogen and oxygen atoms in total. The molecule has 0 spiro atoms. The van der Waals surface area contributed by atoms with Crippen LogP contribution in [0.25, 0.3) is 0 Å². The lowest BCUT2D eigenvalue weighted by molar-refractivity contribution is 0.182. The summed E-state index contributed by atoms with van der Waals surface area (Å²) in [7, 11) is 0.440. The van der Waals surface area contributed by atoms with Crippen LogP contribution in [0.1, 0.15) is 58.2 Å². The molecule has 0 aliphatic rings. The smallest absolute Gasteiger partial charge is 0.149 e. The van der Waals surface area contributed by atoms with E-state index in [0.29, 0.717) is 12.4 Å². The van der Waals surface area contributed by atoms with Gasteiger partial charge in [-0.3, -0.25) is 4.21 Å². The van der Waals surface area contributed by atoms with Crippen molar-refractivity contribution in [2.75, 3.05) is 7.11 Å². The van der Waals surface area contributed by atoms with E-state index in [9.17, 15) is 4.21 Å². The lowest BCUT2D eigenvalue weighted by Gasteiger charge is -2.26. The second kappa shape index (κ2) is 8.15.